The van der Waals surface area contributed by atoms with Crippen molar-refractivity contribution in [3.63, 3.8) is 0 Å². The normalized spacial score (nSPS) is 10.8. The Hall–Kier alpha value is -1.58. The van der Waals surface area contributed by atoms with Crippen LogP contribution in [-0.4, -0.2) is 0 Å². The monoisotopic (exact) mass is 448 g/mol. The predicted molar refractivity (Wildman–Crippen MR) is 90.1 cm³/mol. The summed E-state index contributed by atoms with van der Waals surface area (Å²) in [6.45, 7) is 0. The summed E-state index contributed by atoms with van der Waals surface area (Å²) < 4.78 is 18.3. The van der Waals surface area contributed by atoms with Crippen molar-refractivity contribution in [2.24, 2.45) is 0 Å². The molecule has 0 bridgehead atoms. The molecule has 0 aliphatic carbocycles. The fourth-order valence-electron chi connectivity index (χ4n) is 1.95. The second-order valence-electron chi connectivity index (χ2n) is 4.73. The minimum absolute atomic E-state index is 0.715. The second kappa shape index (κ2) is 7.80. The minimum atomic E-state index is -4.02. The zero-order valence-corrected chi connectivity index (χ0v) is 16.3. The van der Waals surface area contributed by atoms with Gasteiger partial charge in [-0.1, -0.05) is 0 Å². The first-order valence-electron chi connectivity index (χ1n) is 7.15. The SMILES string of the molecule is [Br][Zr]([O]c1ccccc1)([O]c1ccccc1)[O]c1ccccc1. The maximum absolute atomic E-state index is 6.09. The molecule has 5 heteroatoms. The molecule has 0 heterocycles. The van der Waals surface area contributed by atoms with Crippen LogP contribution in [0.3, 0.4) is 0 Å². The van der Waals surface area contributed by atoms with Crippen molar-refractivity contribution >= 4 is 12.2 Å². The number of rotatable bonds is 6. The van der Waals surface area contributed by atoms with E-state index in [1.54, 1.807) is 0 Å². The zero-order valence-electron chi connectivity index (χ0n) is 12.3. The average Bonchev–Trinajstić information content (AvgIpc) is 2.57. The molecule has 0 aliphatic heterocycles. The van der Waals surface area contributed by atoms with Crippen LogP contribution < -0.4 is 8.44 Å². The van der Waals surface area contributed by atoms with Crippen molar-refractivity contribution in [2.75, 3.05) is 0 Å². The molecule has 0 fully saturated rings. The number of para-hydroxylation sites is 3. The van der Waals surface area contributed by atoms with Gasteiger partial charge in [-0.3, -0.25) is 0 Å². The summed E-state index contributed by atoms with van der Waals surface area (Å²) in [4.78, 5) is 0. The third-order valence-corrected chi connectivity index (χ3v) is 9.36. The second-order valence-corrected chi connectivity index (χ2v) is 14.3. The molecule has 0 saturated carbocycles. The topological polar surface area (TPSA) is 27.7 Å². The van der Waals surface area contributed by atoms with Crippen LogP contribution in [-0.2, 0) is 19.2 Å². The molecule has 3 rings (SSSR count). The summed E-state index contributed by atoms with van der Waals surface area (Å²) in [6, 6.07) is 28.6. The fourth-order valence-corrected chi connectivity index (χ4v) is 8.65. The van der Waals surface area contributed by atoms with Gasteiger partial charge >= 0.3 is 148 Å². The van der Waals surface area contributed by atoms with Crippen LogP contribution in [0.25, 0.3) is 0 Å². The van der Waals surface area contributed by atoms with Gasteiger partial charge in [0.2, 0.25) is 0 Å². The van der Waals surface area contributed by atoms with Gasteiger partial charge in [-0.15, -0.1) is 0 Å². The van der Waals surface area contributed by atoms with Gasteiger partial charge in [0.15, 0.2) is 0 Å². The number of benzene rings is 3. The Morgan fingerprint density at radius 1 is 0.478 bits per heavy atom. The fraction of sp³-hybridized carbons (Fsp3) is 0. The first-order chi connectivity index (χ1) is 11.2. The third kappa shape index (κ3) is 4.95. The predicted octanol–water partition coefficient (Wildman–Crippen LogP) is 5.43. The van der Waals surface area contributed by atoms with Gasteiger partial charge in [-0.05, 0) is 0 Å². The van der Waals surface area contributed by atoms with E-state index in [1.807, 2.05) is 91.0 Å². The molecule has 116 valence electrons. The van der Waals surface area contributed by atoms with E-state index in [1.165, 1.54) is 0 Å². The van der Waals surface area contributed by atoms with Crippen molar-refractivity contribution in [3.8, 4) is 17.2 Å². The van der Waals surface area contributed by atoms with Crippen LogP contribution in [0, 0.1) is 0 Å². The molecule has 3 nitrogen and oxygen atoms in total. The summed E-state index contributed by atoms with van der Waals surface area (Å²) in [5.74, 6) is 2.14. The Morgan fingerprint density at radius 2 is 0.739 bits per heavy atom. The molecule has 0 N–H and O–H groups in total. The standard InChI is InChI=1S/3C6H6O.BrH.Zr/c3*7-6-4-2-1-3-5-6;;/h3*1-5,7H;1H;/q;;;;+4/p-4. The molecule has 0 aliphatic rings. The molecule has 0 spiro atoms. The molecule has 0 radical (unpaired) electrons. The summed E-state index contributed by atoms with van der Waals surface area (Å²) >= 11 is -0.383. The summed E-state index contributed by atoms with van der Waals surface area (Å²) in [5.41, 5.74) is 0. The van der Waals surface area contributed by atoms with E-state index < -0.39 is 19.2 Å². The Balaban J connectivity index is 1.85. The van der Waals surface area contributed by atoms with Gasteiger partial charge in [0.05, 0.1) is 0 Å². The van der Waals surface area contributed by atoms with Crippen LogP contribution >= 0.6 is 12.2 Å². The molecule has 0 aromatic heterocycles. The van der Waals surface area contributed by atoms with Gasteiger partial charge in [-0.25, -0.2) is 0 Å². The van der Waals surface area contributed by atoms with Crippen LogP contribution in [0.5, 0.6) is 17.2 Å². The van der Waals surface area contributed by atoms with Crippen molar-refractivity contribution in [2.45, 2.75) is 0 Å². The molecule has 0 unspecified atom stereocenters. The Bertz CT molecular complexity index is 622. The molecule has 0 amide bonds. The molecule has 3 aromatic carbocycles. The summed E-state index contributed by atoms with van der Waals surface area (Å²) in [6.07, 6.45) is 0. The van der Waals surface area contributed by atoms with Gasteiger partial charge in [0.1, 0.15) is 0 Å². The van der Waals surface area contributed by atoms with Gasteiger partial charge < -0.3 is 0 Å². The van der Waals surface area contributed by atoms with Crippen LogP contribution in [0.15, 0.2) is 91.0 Å². The summed E-state index contributed by atoms with van der Waals surface area (Å²) in [5, 5.41) is 0. The van der Waals surface area contributed by atoms with Gasteiger partial charge in [-0.2, -0.15) is 0 Å². The van der Waals surface area contributed by atoms with Crippen LogP contribution in [0.1, 0.15) is 0 Å². The molecule has 3 aromatic rings. The van der Waals surface area contributed by atoms with E-state index in [0.29, 0.717) is 17.2 Å². The van der Waals surface area contributed by atoms with E-state index in [4.69, 9.17) is 8.44 Å². The van der Waals surface area contributed by atoms with Crippen LogP contribution in [0.4, 0.5) is 0 Å². The quantitative estimate of drug-likeness (QED) is 0.501. The molecular weight excluding hydrogens is 435 g/mol. The van der Waals surface area contributed by atoms with E-state index >= 15 is 0 Å². The molecular formula is C18H15BrO3Zr. The van der Waals surface area contributed by atoms with Crippen molar-refractivity contribution < 1.29 is 27.7 Å². The van der Waals surface area contributed by atoms with E-state index in [9.17, 15) is 0 Å². The first-order valence-corrected chi connectivity index (χ1v) is 15.8. The molecule has 0 saturated heterocycles. The summed E-state index contributed by atoms with van der Waals surface area (Å²) in [7, 11) is 0. The third-order valence-electron chi connectivity index (χ3n) is 2.95. The van der Waals surface area contributed by atoms with Crippen molar-refractivity contribution in [3.05, 3.63) is 91.0 Å². The van der Waals surface area contributed by atoms with E-state index in [0.717, 1.165) is 0 Å². The zero-order chi connectivity index (χ0) is 16.0. The number of hydrogen-bond acceptors (Lipinski definition) is 3. The van der Waals surface area contributed by atoms with Crippen molar-refractivity contribution in [1.82, 2.24) is 0 Å². The maximum atomic E-state index is 6.09. The Labute approximate surface area is 147 Å². The van der Waals surface area contributed by atoms with E-state index in [-0.39, 0.29) is 0 Å². The number of halogens is 1. The average molecular weight is 450 g/mol. The van der Waals surface area contributed by atoms with Gasteiger partial charge in [0.25, 0.3) is 0 Å². The first kappa shape index (κ1) is 16.3. The van der Waals surface area contributed by atoms with Crippen molar-refractivity contribution in [1.29, 1.82) is 0 Å². The molecule has 0 atom stereocenters. The van der Waals surface area contributed by atoms with Crippen LogP contribution in [0.2, 0.25) is 0 Å². The Kier molecular flexibility index (Phi) is 5.53. The molecule has 23 heavy (non-hydrogen) atoms. The van der Waals surface area contributed by atoms with Gasteiger partial charge in [0, 0.05) is 0 Å². The Morgan fingerprint density at radius 3 is 1.00 bits per heavy atom. The number of hydrogen-bond donors (Lipinski definition) is 0. The van der Waals surface area contributed by atoms with E-state index in [2.05, 4.69) is 12.2 Å².